The molecule has 0 aliphatic heterocycles. The van der Waals surface area contributed by atoms with Gasteiger partial charge in [-0.2, -0.15) is 0 Å². The average Bonchev–Trinajstić information content (AvgIpc) is 2.21. The summed E-state index contributed by atoms with van der Waals surface area (Å²) in [6, 6.07) is 5.50. The lowest BCUT2D eigenvalue weighted by atomic mass is 10.1. The molecule has 1 rings (SSSR count). The van der Waals surface area contributed by atoms with E-state index in [1.807, 2.05) is 19.1 Å². The smallest absolute Gasteiger partial charge is 0.126 e. The third kappa shape index (κ3) is 4.29. The van der Waals surface area contributed by atoms with Gasteiger partial charge in [0, 0.05) is 12.6 Å². The number of nitrogens with two attached hydrogens (primary N) is 1. The quantitative estimate of drug-likeness (QED) is 0.831. The molecule has 1 aromatic carbocycles. The molecule has 0 aromatic heterocycles. The first-order valence-electron chi connectivity index (χ1n) is 5.68. The van der Waals surface area contributed by atoms with Crippen molar-refractivity contribution < 1.29 is 4.39 Å². The summed E-state index contributed by atoms with van der Waals surface area (Å²) in [5.41, 5.74) is 7.55. The molecule has 0 saturated heterocycles. The number of hydrogen-bond donors (Lipinski definition) is 1. The fourth-order valence-electron chi connectivity index (χ4n) is 1.62. The summed E-state index contributed by atoms with van der Waals surface area (Å²) in [6.45, 7) is 5.61. The maximum atomic E-state index is 13.1. The zero-order valence-electron chi connectivity index (χ0n) is 10.3. The van der Waals surface area contributed by atoms with Crippen LogP contribution in [0.5, 0.6) is 0 Å². The molecule has 2 nitrogen and oxygen atoms in total. The number of aryl methyl sites for hydroxylation is 1. The van der Waals surface area contributed by atoms with Crippen LogP contribution in [-0.4, -0.2) is 24.5 Å². The molecule has 16 heavy (non-hydrogen) atoms. The van der Waals surface area contributed by atoms with Gasteiger partial charge in [-0.3, -0.25) is 0 Å². The third-order valence-electron chi connectivity index (χ3n) is 2.64. The maximum Gasteiger partial charge on any atom is 0.126 e. The highest BCUT2D eigenvalue weighted by Gasteiger charge is 2.04. The van der Waals surface area contributed by atoms with Crippen molar-refractivity contribution in [2.24, 2.45) is 5.73 Å². The normalized spacial score (nSPS) is 13.1. The van der Waals surface area contributed by atoms with Gasteiger partial charge in [-0.05, 0) is 51.1 Å². The fraction of sp³-hybridized carbons (Fsp3) is 0.538. The second kappa shape index (κ2) is 5.97. The summed E-state index contributed by atoms with van der Waals surface area (Å²) in [5.74, 6) is -0.137. The molecule has 0 fully saturated rings. The topological polar surface area (TPSA) is 29.3 Å². The van der Waals surface area contributed by atoms with Gasteiger partial charge in [0.25, 0.3) is 0 Å². The van der Waals surface area contributed by atoms with Crippen LogP contribution in [0.4, 0.5) is 4.39 Å². The van der Waals surface area contributed by atoms with Gasteiger partial charge in [0.05, 0.1) is 0 Å². The third-order valence-corrected chi connectivity index (χ3v) is 2.64. The first-order chi connectivity index (χ1) is 7.49. The highest BCUT2D eigenvalue weighted by molar-refractivity contribution is 5.23. The minimum absolute atomic E-state index is 0.137. The van der Waals surface area contributed by atoms with Crippen LogP contribution < -0.4 is 5.73 Å². The van der Waals surface area contributed by atoms with Crippen molar-refractivity contribution >= 4 is 0 Å². The molecule has 0 amide bonds. The second-order valence-electron chi connectivity index (χ2n) is 4.59. The number of halogens is 1. The number of benzene rings is 1. The molecule has 0 aliphatic rings. The minimum atomic E-state index is -0.137. The van der Waals surface area contributed by atoms with E-state index in [1.54, 1.807) is 6.92 Å². The molecular weight excluding hydrogens is 203 g/mol. The average molecular weight is 224 g/mol. The van der Waals surface area contributed by atoms with Gasteiger partial charge in [-0.15, -0.1) is 0 Å². The Kier molecular flexibility index (Phi) is 4.90. The largest absolute Gasteiger partial charge is 0.328 e. The standard InChI is InChI=1S/C13H21FN2/c1-10-8-12(4-5-13(10)14)9-16(3)7-6-11(2)15/h4-5,8,11H,6-7,9,15H2,1-3H3. The first kappa shape index (κ1) is 13.1. The van der Waals surface area contributed by atoms with E-state index < -0.39 is 0 Å². The van der Waals surface area contributed by atoms with Crippen LogP contribution in [0.25, 0.3) is 0 Å². The predicted octanol–water partition coefficient (Wildman–Crippen LogP) is 2.30. The summed E-state index contributed by atoms with van der Waals surface area (Å²) >= 11 is 0. The second-order valence-corrected chi connectivity index (χ2v) is 4.59. The Morgan fingerprint density at radius 2 is 2.12 bits per heavy atom. The Labute approximate surface area is 97.3 Å². The maximum absolute atomic E-state index is 13.1. The lowest BCUT2D eigenvalue weighted by Crippen LogP contribution is -2.25. The molecule has 0 saturated carbocycles. The molecule has 2 N–H and O–H groups in total. The van der Waals surface area contributed by atoms with E-state index in [0.717, 1.165) is 25.1 Å². The molecular formula is C13H21FN2. The molecule has 3 heteroatoms. The van der Waals surface area contributed by atoms with E-state index in [0.29, 0.717) is 5.56 Å². The Hall–Kier alpha value is -0.930. The van der Waals surface area contributed by atoms with Crippen LogP contribution >= 0.6 is 0 Å². The first-order valence-corrected chi connectivity index (χ1v) is 5.68. The molecule has 0 radical (unpaired) electrons. The minimum Gasteiger partial charge on any atom is -0.328 e. The van der Waals surface area contributed by atoms with Crippen LogP contribution in [-0.2, 0) is 6.54 Å². The van der Waals surface area contributed by atoms with E-state index in [1.165, 1.54) is 6.07 Å². The van der Waals surface area contributed by atoms with Crippen LogP contribution in [0.2, 0.25) is 0 Å². The monoisotopic (exact) mass is 224 g/mol. The molecule has 90 valence electrons. The van der Waals surface area contributed by atoms with E-state index in [2.05, 4.69) is 11.9 Å². The van der Waals surface area contributed by atoms with Gasteiger partial charge in [0.15, 0.2) is 0 Å². The van der Waals surface area contributed by atoms with Gasteiger partial charge in [-0.25, -0.2) is 4.39 Å². The van der Waals surface area contributed by atoms with Crippen LogP contribution in [0.3, 0.4) is 0 Å². The van der Waals surface area contributed by atoms with E-state index >= 15 is 0 Å². The van der Waals surface area contributed by atoms with Gasteiger partial charge in [0.1, 0.15) is 5.82 Å². The zero-order chi connectivity index (χ0) is 12.1. The van der Waals surface area contributed by atoms with E-state index in [-0.39, 0.29) is 11.9 Å². The highest BCUT2D eigenvalue weighted by atomic mass is 19.1. The SMILES string of the molecule is Cc1cc(CN(C)CCC(C)N)ccc1F. The van der Waals surface area contributed by atoms with Crippen LogP contribution in [0, 0.1) is 12.7 Å². The molecule has 0 heterocycles. The van der Waals surface area contributed by atoms with Crippen molar-refractivity contribution in [3.63, 3.8) is 0 Å². The Morgan fingerprint density at radius 3 is 2.69 bits per heavy atom. The lowest BCUT2D eigenvalue weighted by molar-refractivity contribution is 0.313. The molecule has 0 aliphatic carbocycles. The zero-order valence-corrected chi connectivity index (χ0v) is 10.3. The Morgan fingerprint density at radius 1 is 1.44 bits per heavy atom. The lowest BCUT2D eigenvalue weighted by Gasteiger charge is -2.18. The van der Waals surface area contributed by atoms with Crippen molar-refractivity contribution in [3.05, 3.63) is 35.1 Å². The molecule has 1 atom stereocenters. The van der Waals surface area contributed by atoms with E-state index in [4.69, 9.17) is 5.73 Å². The van der Waals surface area contributed by atoms with Crippen molar-refractivity contribution in [3.8, 4) is 0 Å². The van der Waals surface area contributed by atoms with Gasteiger partial charge in [0.2, 0.25) is 0 Å². The fourth-order valence-corrected chi connectivity index (χ4v) is 1.62. The molecule has 0 spiro atoms. The number of nitrogens with zero attached hydrogens (tertiary/aromatic N) is 1. The van der Waals surface area contributed by atoms with Crippen LogP contribution in [0.15, 0.2) is 18.2 Å². The van der Waals surface area contributed by atoms with Crippen LogP contribution in [0.1, 0.15) is 24.5 Å². The predicted molar refractivity (Wildman–Crippen MR) is 65.7 cm³/mol. The summed E-state index contributed by atoms with van der Waals surface area (Å²) in [6.07, 6.45) is 0.983. The van der Waals surface area contributed by atoms with E-state index in [9.17, 15) is 4.39 Å². The summed E-state index contributed by atoms with van der Waals surface area (Å²) in [5, 5.41) is 0. The molecule has 1 unspecified atom stereocenters. The Bertz CT molecular complexity index is 337. The number of rotatable bonds is 5. The summed E-state index contributed by atoms with van der Waals surface area (Å²) < 4.78 is 13.1. The van der Waals surface area contributed by atoms with Gasteiger partial charge < -0.3 is 10.6 Å². The summed E-state index contributed by atoms with van der Waals surface area (Å²) in [7, 11) is 2.06. The summed E-state index contributed by atoms with van der Waals surface area (Å²) in [4.78, 5) is 2.20. The van der Waals surface area contributed by atoms with Gasteiger partial charge >= 0.3 is 0 Å². The van der Waals surface area contributed by atoms with Crippen molar-refractivity contribution in [2.75, 3.05) is 13.6 Å². The Balaban J connectivity index is 2.49. The van der Waals surface area contributed by atoms with Crippen molar-refractivity contribution in [1.29, 1.82) is 0 Å². The molecule has 1 aromatic rings. The van der Waals surface area contributed by atoms with Crippen molar-refractivity contribution in [1.82, 2.24) is 4.90 Å². The molecule has 0 bridgehead atoms. The number of hydrogen-bond acceptors (Lipinski definition) is 2. The van der Waals surface area contributed by atoms with Gasteiger partial charge in [-0.1, -0.05) is 12.1 Å². The van der Waals surface area contributed by atoms with Crippen molar-refractivity contribution in [2.45, 2.75) is 32.9 Å². The highest BCUT2D eigenvalue weighted by Crippen LogP contribution is 2.11.